The Labute approximate surface area is 168 Å². The minimum absolute atomic E-state index is 0.0223. The molecule has 1 fully saturated rings. The molecule has 0 aromatic heterocycles. The van der Waals surface area contributed by atoms with Crippen LogP contribution in [0.3, 0.4) is 0 Å². The Balaban J connectivity index is 1.64. The summed E-state index contributed by atoms with van der Waals surface area (Å²) >= 11 is 0. The molecule has 0 atom stereocenters. The van der Waals surface area contributed by atoms with Gasteiger partial charge in [-0.05, 0) is 36.1 Å². The van der Waals surface area contributed by atoms with Crippen LogP contribution in [0.4, 0.5) is 16.2 Å². The van der Waals surface area contributed by atoms with Crippen molar-refractivity contribution >= 4 is 17.4 Å². The molecule has 0 bridgehead atoms. The minimum Gasteiger partial charge on any atom is -0.492 e. The van der Waals surface area contributed by atoms with Gasteiger partial charge >= 0.3 is 6.03 Å². The van der Waals surface area contributed by atoms with Crippen molar-refractivity contribution in [1.82, 2.24) is 4.90 Å². The second kappa shape index (κ2) is 8.55. The zero-order valence-corrected chi connectivity index (χ0v) is 17.4. The van der Waals surface area contributed by atoms with Crippen LogP contribution < -0.4 is 15.0 Å². The van der Waals surface area contributed by atoms with Gasteiger partial charge < -0.3 is 19.9 Å². The third kappa shape index (κ3) is 4.58. The van der Waals surface area contributed by atoms with E-state index in [9.17, 15) is 4.79 Å². The molecule has 3 rings (SSSR count). The van der Waals surface area contributed by atoms with Crippen LogP contribution in [0, 0.1) is 0 Å². The predicted molar refractivity (Wildman–Crippen MR) is 116 cm³/mol. The van der Waals surface area contributed by atoms with Crippen LogP contribution in [0.25, 0.3) is 0 Å². The highest BCUT2D eigenvalue weighted by molar-refractivity contribution is 5.90. The summed E-state index contributed by atoms with van der Waals surface area (Å²) in [7, 11) is 0. The van der Waals surface area contributed by atoms with Gasteiger partial charge in [-0.25, -0.2) is 4.79 Å². The van der Waals surface area contributed by atoms with E-state index >= 15 is 0 Å². The van der Waals surface area contributed by atoms with E-state index in [1.54, 1.807) is 0 Å². The average Bonchev–Trinajstić information content (AvgIpc) is 2.68. The lowest BCUT2D eigenvalue weighted by Crippen LogP contribution is -2.50. The molecule has 1 aliphatic heterocycles. The lowest BCUT2D eigenvalue weighted by atomic mass is 9.86. The zero-order chi connectivity index (χ0) is 20.1. The van der Waals surface area contributed by atoms with E-state index in [1.165, 1.54) is 0 Å². The van der Waals surface area contributed by atoms with E-state index in [0.29, 0.717) is 19.7 Å². The molecule has 2 aromatic rings. The van der Waals surface area contributed by atoms with Gasteiger partial charge in [-0.1, -0.05) is 51.1 Å². The largest absolute Gasteiger partial charge is 0.492 e. The van der Waals surface area contributed by atoms with Crippen LogP contribution in [-0.2, 0) is 5.41 Å². The number of ether oxygens (including phenoxy) is 1. The van der Waals surface area contributed by atoms with Crippen molar-refractivity contribution in [3.63, 3.8) is 0 Å². The van der Waals surface area contributed by atoms with Crippen molar-refractivity contribution < 1.29 is 9.53 Å². The summed E-state index contributed by atoms with van der Waals surface area (Å²) in [5, 5.41) is 3.12. The number of amides is 2. The Bertz CT molecular complexity index is 805. The molecular formula is C23H31N3O2. The molecule has 0 spiro atoms. The highest BCUT2D eigenvalue weighted by Gasteiger charge is 2.24. The van der Waals surface area contributed by atoms with Crippen molar-refractivity contribution in [2.45, 2.75) is 33.1 Å². The number of urea groups is 1. The summed E-state index contributed by atoms with van der Waals surface area (Å²) in [4.78, 5) is 17.0. The van der Waals surface area contributed by atoms with Crippen molar-refractivity contribution in [3.05, 3.63) is 54.1 Å². The number of nitrogens with zero attached hydrogens (tertiary/aromatic N) is 2. The maximum Gasteiger partial charge on any atom is 0.321 e. The molecule has 1 N–H and O–H groups in total. The summed E-state index contributed by atoms with van der Waals surface area (Å²) in [6.07, 6.45) is 0. The number of hydrogen-bond acceptors (Lipinski definition) is 3. The van der Waals surface area contributed by atoms with E-state index in [0.717, 1.165) is 35.8 Å². The quantitative estimate of drug-likeness (QED) is 0.832. The Hall–Kier alpha value is -2.69. The number of para-hydroxylation sites is 3. The summed E-state index contributed by atoms with van der Waals surface area (Å²) in [6, 6.07) is 16.1. The molecule has 150 valence electrons. The molecule has 2 amide bonds. The number of carbonyl (C=O) groups is 1. The zero-order valence-electron chi connectivity index (χ0n) is 17.4. The molecule has 0 radical (unpaired) electrons. The molecule has 2 aromatic carbocycles. The smallest absolute Gasteiger partial charge is 0.321 e. The lowest BCUT2D eigenvalue weighted by Gasteiger charge is -2.37. The summed E-state index contributed by atoms with van der Waals surface area (Å²) in [5.41, 5.74) is 3.12. The first-order chi connectivity index (χ1) is 13.4. The maximum absolute atomic E-state index is 12.8. The van der Waals surface area contributed by atoms with Gasteiger partial charge in [-0.3, -0.25) is 0 Å². The molecule has 1 heterocycles. The molecular weight excluding hydrogens is 350 g/mol. The number of nitrogens with one attached hydrogen (secondary N) is 1. The highest BCUT2D eigenvalue weighted by Crippen LogP contribution is 2.30. The summed E-state index contributed by atoms with van der Waals surface area (Å²) < 4.78 is 5.75. The van der Waals surface area contributed by atoms with Gasteiger partial charge in [0.15, 0.2) is 0 Å². The van der Waals surface area contributed by atoms with Crippen molar-refractivity contribution in [2.24, 2.45) is 0 Å². The third-order valence-corrected chi connectivity index (χ3v) is 5.05. The van der Waals surface area contributed by atoms with E-state index in [-0.39, 0.29) is 11.4 Å². The number of carbonyl (C=O) groups excluding carboxylic acids is 1. The number of rotatable bonds is 4. The Morgan fingerprint density at radius 2 is 1.64 bits per heavy atom. The fourth-order valence-corrected chi connectivity index (χ4v) is 3.59. The van der Waals surface area contributed by atoms with Crippen molar-refractivity contribution in [3.8, 4) is 5.75 Å². The maximum atomic E-state index is 12.8. The van der Waals surface area contributed by atoms with E-state index in [1.807, 2.05) is 48.2 Å². The van der Waals surface area contributed by atoms with Gasteiger partial charge in [-0.15, -0.1) is 0 Å². The molecule has 5 heteroatoms. The van der Waals surface area contributed by atoms with Gasteiger partial charge in [0.1, 0.15) is 5.75 Å². The summed E-state index contributed by atoms with van der Waals surface area (Å²) in [5.74, 6) is 0.905. The van der Waals surface area contributed by atoms with Gasteiger partial charge in [0, 0.05) is 31.9 Å². The first-order valence-electron chi connectivity index (χ1n) is 10.0. The van der Waals surface area contributed by atoms with Gasteiger partial charge in [-0.2, -0.15) is 0 Å². The molecule has 5 nitrogen and oxygen atoms in total. The van der Waals surface area contributed by atoms with Crippen molar-refractivity contribution in [1.29, 1.82) is 0 Å². The topological polar surface area (TPSA) is 44.8 Å². The van der Waals surface area contributed by atoms with Crippen LogP contribution in [0.1, 0.15) is 33.3 Å². The Kier molecular flexibility index (Phi) is 6.12. The van der Waals surface area contributed by atoms with Crippen LogP contribution in [0.15, 0.2) is 48.5 Å². The predicted octanol–water partition coefficient (Wildman–Crippen LogP) is 4.74. The van der Waals surface area contributed by atoms with Crippen LogP contribution in [0.5, 0.6) is 5.75 Å². The van der Waals surface area contributed by atoms with Gasteiger partial charge in [0.05, 0.1) is 12.3 Å². The number of piperazine rings is 1. The standard InChI is InChI=1S/C23H31N3O2/c1-5-28-21-13-9-8-12-20(21)25-14-16-26(17-15-25)22(27)24-19-11-7-6-10-18(19)23(2,3)4/h6-13H,5,14-17H2,1-4H3,(H,24,27). The Morgan fingerprint density at radius 3 is 2.32 bits per heavy atom. The molecule has 0 aliphatic carbocycles. The second-order valence-corrected chi connectivity index (χ2v) is 8.10. The van der Waals surface area contributed by atoms with Crippen LogP contribution >= 0.6 is 0 Å². The van der Waals surface area contributed by atoms with Crippen LogP contribution in [0.2, 0.25) is 0 Å². The fourth-order valence-electron chi connectivity index (χ4n) is 3.59. The van der Waals surface area contributed by atoms with E-state index < -0.39 is 0 Å². The van der Waals surface area contributed by atoms with Crippen LogP contribution in [-0.4, -0.2) is 43.7 Å². The molecule has 1 saturated heterocycles. The number of hydrogen-bond donors (Lipinski definition) is 1. The average molecular weight is 382 g/mol. The van der Waals surface area contributed by atoms with Gasteiger partial charge in [0.25, 0.3) is 0 Å². The lowest BCUT2D eigenvalue weighted by molar-refractivity contribution is 0.208. The fraction of sp³-hybridized carbons (Fsp3) is 0.435. The molecule has 0 saturated carbocycles. The summed E-state index contributed by atoms with van der Waals surface area (Å²) in [6.45, 7) is 12.1. The minimum atomic E-state index is -0.0329. The SMILES string of the molecule is CCOc1ccccc1N1CCN(C(=O)Nc2ccccc2C(C)(C)C)CC1. The molecule has 0 unspecified atom stereocenters. The highest BCUT2D eigenvalue weighted by atomic mass is 16.5. The number of benzene rings is 2. The van der Waals surface area contributed by atoms with Gasteiger partial charge in [0.2, 0.25) is 0 Å². The normalized spacial score (nSPS) is 14.7. The Morgan fingerprint density at radius 1 is 1.00 bits per heavy atom. The van der Waals surface area contributed by atoms with E-state index in [4.69, 9.17) is 4.74 Å². The monoisotopic (exact) mass is 381 g/mol. The molecule has 1 aliphatic rings. The third-order valence-electron chi connectivity index (χ3n) is 5.05. The first kappa shape index (κ1) is 20.1. The first-order valence-corrected chi connectivity index (χ1v) is 10.0. The van der Waals surface area contributed by atoms with E-state index in [2.05, 4.69) is 43.1 Å². The number of anilines is 2. The second-order valence-electron chi connectivity index (χ2n) is 8.10. The molecule has 28 heavy (non-hydrogen) atoms. The van der Waals surface area contributed by atoms with Crippen molar-refractivity contribution in [2.75, 3.05) is 43.0 Å².